The van der Waals surface area contributed by atoms with Crippen molar-refractivity contribution >= 4 is 16.5 Å². The Morgan fingerprint density at radius 1 is 1.33 bits per heavy atom. The highest BCUT2D eigenvalue weighted by atomic mass is 32.1. The van der Waals surface area contributed by atoms with Crippen molar-refractivity contribution in [3.8, 4) is 11.5 Å². The average Bonchev–Trinajstić information content (AvgIpc) is 3.00. The quantitative estimate of drug-likeness (QED) is 0.805. The highest BCUT2D eigenvalue weighted by molar-refractivity contribution is 7.10. The molecule has 0 radical (unpaired) electrons. The summed E-state index contributed by atoms with van der Waals surface area (Å²) in [6.45, 7) is 1.78. The van der Waals surface area contributed by atoms with Crippen molar-refractivity contribution in [1.82, 2.24) is 14.5 Å². The van der Waals surface area contributed by atoms with Crippen LogP contribution in [0.1, 0.15) is 17.1 Å². The minimum atomic E-state index is -0.644. The van der Waals surface area contributed by atoms with Crippen LogP contribution in [0.5, 0.6) is 0 Å². The zero-order chi connectivity index (χ0) is 15.0. The van der Waals surface area contributed by atoms with Crippen LogP contribution in [0, 0.1) is 18.6 Å². The van der Waals surface area contributed by atoms with Gasteiger partial charge in [-0.25, -0.2) is 8.78 Å². The molecule has 8 heteroatoms. The molecule has 0 amide bonds. The van der Waals surface area contributed by atoms with E-state index >= 15 is 0 Å². The summed E-state index contributed by atoms with van der Waals surface area (Å²) in [7, 11) is 0. The van der Waals surface area contributed by atoms with Crippen molar-refractivity contribution < 1.29 is 13.3 Å². The fraction of sp³-hybridized carbons (Fsp3) is 0.154. The van der Waals surface area contributed by atoms with Gasteiger partial charge >= 0.3 is 0 Å². The molecule has 0 spiro atoms. The molecule has 0 unspecified atom stereocenters. The first-order chi connectivity index (χ1) is 10.0. The van der Waals surface area contributed by atoms with E-state index in [1.54, 1.807) is 6.92 Å². The molecular formula is C13H10F2N4OS. The molecular weight excluding hydrogens is 298 g/mol. The predicted octanol–water partition coefficient (Wildman–Crippen LogP) is 2.95. The fourth-order valence-electron chi connectivity index (χ4n) is 1.91. The molecule has 3 aromatic rings. The molecule has 2 aromatic heterocycles. The molecule has 2 heterocycles. The van der Waals surface area contributed by atoms with E-state index < -0.39 is 11.6 Å². The van der Waals surface area contributed by atoms with E-state index in [2.05, 4.69) is 14.5 Å². The van der Waals surface area contributed by atoms with Crippen LogP contribution in [-0.2, 0) is 6.42 Å². The number of nitrogens with two attached hydrogens (primary N) is 1. The molecule has 0 fully saturated rings. The third kappa shape index (κ3) is 2.62. The summed E-state index contributed by atoms with van der Waals surface area (Å²) in [6.07, 6.45) is 0.103. The number of benzene rings is 1. The number of rotatable bonds is 3. The van der Waals surface area contributed by atoms with Gasteiger partial charge in [0.1, 0.15) is 16.6 Å². The minimum Gasteiger partial charge on any atom is -0.389 e. The first-order valence-electron chi connectivity index (χ1n) is 6.03. The van der Waals surface area contributed by atoms with Crippen molar-refractivity contribution in [3.05, 3.63) is 46.9 Å². The molecule has 0 saturated heterocycles. The van der Waals surface area contributed by atoms with Crippen molar-refractivity contribution in [2.45, 2.75) is 13.3 Å². The van der Waals surface area contributed by atoms with Gasteiger partial charge in [-0.05, 0) is 30.1 Å². The number of halogens is 2. The Kier molecular flexibility index (Phi) is 3.38. The highest BCUT2D eigenvalue weighted by Crippen LogP contribution is 2.31. The number of aromatic nitrogens is 3. The predicted molar refractivity (Wildman–Crippen MR) is 73.7 cm³/mol. The van der Waals surface area contributed by atoms with Crippen LogP contribution < -0.4 is 5.73 Å². The average molecular weight is 308 g/mol. The van der Waals surface area contributed by atoms with Crippen LogP contribution in [0.3, 0.4) is 0 Å². The second kappa shape index (κ2) is 5.21. The van der Waals surface area contributed by atoms with E-state index in [1.807, 2.05) is 0 Å². The first kappa shape index (κ1) is 13.6. The standard InChI is InChI=1S/C13H10F2N4OS/c1-6-11(12(16)21-19-6)13-17-10(18-20-13)4-7-2-3-8(14)5-9(7)15/h2-3,5H,4,16H2,1H3. The van der Waals surface area contributed by atoms with Gasteiger partial charge in [0.25, 0.3) is 5.89 Å². The Bertz CT molecular complexity index is 780. The summed E-state index contributed by atoms with van der Waals surface area (Å²) >= 11 is 1.14. The van der Waals surface area contributed by atoms with Gasteiger partial charge in [-0.3, -0.25) is 0 Å². The van der Waals surface area contributed by atoms with Crippen molar-refractivity contribution in [2.24, 2.45) is 0 Å². The summed E-state index contributed by atoms with van der Waals surface area (Å²) in [5.74, 6) is -0.733. The van der Waals surface area contributed by atoms with Crippen LogP contribution >= 0.6 is 11.5 Å². The van der Waals surface area contributed by atoms with Crippen LogP contribution in [-0.4, -0.2) is 14.5 Å². The Labute approximate surface area is 122 Å². The first-order valence-corrected chi connectivity index (χ1v) is 6.80. The van der Waals surface area contributed by atoms with Gasteiger partial charge in [0.15, 0.2) is 5.82 Å². The van der Waals surface area contributed by atoms with Gasteiger partial charge in [0.2, 0.25) is 0 Å². The number of nitrogen functional groups attached to an aromatic ring is 1. The lowest BCUT2D eigenvalue weighted by atomic mass is 10.1. The molecule has 0 saturated carbocycles. The second-order valence-electron chi connectivity index (χ2n) is 4.44. The molecule has 108 valence electrons. The SMILES string of the molecule is Cc1nsc(N)c1-c1nc(Cc2ccc(F)cc2F)no1. The molecule has 3 rings (SSSR count). The zero-order valence-electron chi connectivity index (χ0n) is 10.9. The van der Waals surface area contributed by atoms with Crippen LogP contribution in [0.4, 0.5) is 13.8 Å². The van der Waals surface area contributed by atoms with Crippen molar-refractivity contribution in [2.75, 3.05) is 5.73 Å². The van der Waals surface area contributed by atoms with Gasteiger partial charge in [0, 0.05) is 12.5 Å². The van der Waals surface area contributed by atoms with Crippen LogP contribution in [0.25, 0.3) is 11.5 Å². The van der Waals surface area contributed by atoms with Crippen LogP contribution in [0.15, 0.2) is 22.7 Å². The van der Waals surface area contributed by atoms with Crippen molar-refractivity contribution in [3.63, 3.8) is 0 Å². The molecule has 0 aliphatic rings. The van der Waals surface area contributed by atoms with Gasteiger partial charge in [-0.1, -0.05) is 11.2 Å². The van der Waals surface area contributed by atoms with E-state index in [0.29, 0.717) is 22.1 Å². The van der Waals surface area contributed by atoms with Gasteiger partial charge < -0.3 is 10.3 Å². The lowest BCUT2D eigenvalue weighted by molar-refractivity contribution is 0.423. The number of anilines is 1. The second-order valence-corrected chi connectivity index (χ2v) is 5.24. The Balaban J connectivity index is 1.89. The Morgan fingerprint density at radius 3 is 2.81 bits per heavy atom. The van der Waals surface area contributed by atoms with E-state index in [0.717, 1.165) is 17.6 Å². The third-order valence-electron chi connectivity index (χ3n) is 2.93. The monoisotopic (exact) mass is 308 g/mol. The topological polar surface area (TPSA) is 77.8 Å². The lowest BCUT2D eigenvalue weighted by Gasteiger charge is -1.99. The molecule has 0 aliphatic heterocycles. The van der Waals surface area contributed by atoms with Gasteiger partial charge in [-0.2, -0.15) is 9.36 Å². The number of hydrogen-bond acceptors (Lipinski definition) is 6. The van der Waals surface area contributed by atoms with E-state index in [9.17, 15) is 8.78 Å². The summed E-state index contributed by atoms with van der Waals surface area (Å²) in [4.78, 5) is 4.18. The smallest absolute Gasteiger partial charge is 0.262 e. The maximum atomic E-state index is 13.6. The molecule has 1 aromatic carbocycles. The van der Waals surface area contributed by atoms with Gasteiger partial charge in [-0.15, -0.1) is 0 Å². The molecule has 0 aliphatic carbocycles. The number of nitrogens with zero attached hydrogens (tertiary/aromatic N) is 3. The van der Waals surface area contributed by atoms with Gasteiger partial charge in [0.05, 0.1) is 11.3 Å². The number of aryl methyl sites for hydroxylation is 1. The van der Waals surface area contributed by atoms with E-state index in [1.165, 1.54) is 12.1 Å². The molecule has 21 heavy (non-hydrogen) atoms. The van der Waals surface area contributed by atoms with E-state index in [4.69, 9.17) is 10.3 Å². The van der Waals surface area contributed by atoms with Crippen molar-refractivity contribution in [1.29, 1.82) is 0 Å². The Morgan fingerprint density at radius 2 is 2.14 bits per heavy atom. The normalized spacial score (nSPS) is 11.0. The lowest BCUT2D eigenvalue weighted by Crippen LogP contribution is -1.95. The maximum absolute atomic E-state index is 13.6. The summed E-state index contributed by atoms with van der Waals surface area (Å²) in [6, 6.07) is 3.36. The molecule has 0 atom stereocenters. The molecule has 2 N–H and O–H groups in total. The fourth-order valence-corrected chi connectivity index (χ4v) is 2.56. The highest BCUT2D eigenvalue weighted by Gasteiger charge is 2.18. The maximum Gasteiger partial charge on any atom is 0.262 e. The van der Waals surface area contributed by atoms with E-state index in [-0.39, 0.29) is 17.9 Å². The zero-order valence-corrected chi connectivity index (χ0v) is 11.7. The van der Waals surface area contributed by atoms with Crippen LogP contribution in [0.2, 0.25) is 0 Å². The Hall–Kier alpha value is -2.35. The third-order valence-corrected chi connectivity index (χ3v) is 3.70. The summed E-state index contributed by atoms with van der Waals surface area (Å²) in [5, 5.41) is 4.27. The summed E-state index contributed by atoms with van der Waals surface area (Å²) in [5.41, 5.74) is 7.38. The molecule has 5 nitrogen and oxygen atoms in total. The number of hydrogen-bond donors (Lipinski definition) is 1. The minimum absolute atomic E-state index is 0.103. The largest absolute Gasteiger partial charge is 0.389 e. The molecule has 0 bridgehead atoms. The summed E-state index contributed by atoms with van der Waals surface area (Å²) < 4.78 is 35.7.